The van der Waals surface area contributed by atoms with E-state index in [1.165, 1.54) is 0 Å². The highest BCUT2D eigenvalue weighted by atomic mass is 19.4. The fourth-order valence-electron chi connectivity index (χ4n) is 2.66. The van der Waals surface area contributed by atoms with Crippen LogP contribution >= 0.6 is 0 Å². The molecule has 2 aromatic carbocycles. The standard InChI is InChI=1S/C19H20F3N3O3/c1-13(14-5-3-2-4-6-14)11-18(26)24-10-9-23-16-8-7-15(19(20,21)22)12-17(16)25(27)28/h2-8,12-13,23H,9-11H2,1H3,(H,24,26)/t13-/m1/s1. The van der Waals surface area contributed by atoms with Crippen molar-refractivity contribution in [1.29, 1.82) is 0 Å². The molecule has 0 aliphatic heterocycles. The minimum Gasteiger partial charge on any atom is -0.378 e. The number of carbonyl (C=O) groups excluding carboxylic acids is 1. The molecule has 6 nitrogen and oxygen atoms in total. The predicted octanol–water partition coefficient (Wildman–Crippen LogP) is 4.34. The van der Waals surface area contributed by atoms with Crippen molar-refractivity contribution in [2.45, 2.75) is 25.4 Å². The number of benzene rings is 2. The summed E-state index contributed by atoms with van der Waals surface area (Å²) >= 11 is 0. The van der Waals surface area contributed by atoms with E-state index in [1.807, 2.05) is 37.3 Å². The number of nitro benzene ring substituents is 1. The molecule has 28 heavy (non-hydrogen) atoms. The van der Waals surface area contributed by atoms with Crippen molar-refractivity contribution in [1.82, 2.24) is 5.32 Å². The number of nitrogens with zero attached hydrogens (tertiary/aromatic N) is 1. The second kappa shape index (κ2) is 9.20. The van der Waals surface area contributed by atoms with Gasteiger partial charge in [0.2, 0.25) is 5.91 Å². The summed E-state index contributed by atoms with van der Waals surface area (Å²) in [6.45, 7) is 2.24. The van der Waals surface area contributed by atoms with Gasteiger partial charge < -0.3 is 10.6 Å². The first-order chi connectivity index (χ1) is 13.2. The number of hydrogen-bond acceptors (Lipinski definition) is 4. The van der Waals surface area contributed by atoms with Gasteiger partial charge in [-0.1, -0.05) is 37.3 Å². The third-order valence-corrected chi connectivity index (χ3v) is 4.14. The van der Waals surface area contributed by atoms with Gasteiger partial charge in [0.05, 0.1) is 10.5 Å². The number of amides is 1. The summed E-state index contributed by atoms with van der Waals surface area (Å²) in [7, 11) is 0. The SMILES string of the molecule is C[C@H](CC(=O)NCCNc1ccc(C(F)(F)F)cc1[N+](=O)[O-])c1ccccc1. The Bertz CT molecular complexity index is 826. The van der Waals surface area contributed by atoms with E-state index in [2.05, 4.69) is 10.6 Å². The molecule has 1 amide bonds. The Morgan fingerprint density at radius 3 is 2.43 bits per heavy atom. The van der Waals surface area contributed by atoms with E-state index in [-0.39, 0.29) is 37.0 Å². The molecule has 0 saturated heterocycles. The van der Waals surface area contributed by atoms with E-state index in [0.29, 0.717) is 6.07 Å². The lowest BCUT2D eigenvalue weighted by Gasteiger charge is -2.13. The zero-order chi connectivity index (χ0) is 20.7. The maximum absolute atomic E-state index is 12.7. The lowest BCUT2D eigenvalue weighted by molar-refractivity contribution is -0.384. The number of carbonyl (C=O) groups is 1. The zero-order valence-corrected chi connectivity index (χ0v) is 15.1. The van der Waals surface area contributed by atoms with Crippen LogP contribution in [-0.2, 0) is 11.0 Å². The zero-order valence-electron chi connectivity index (χ0n) is 15.1. The highest BCUT2D eigenvalue weighted by molar-refractivity contribution is 5.76. The molecule has 150 valence electrons. The predicted molar refractivity (Wildman–Crippen MR) is 99.1 cm³/mol. The summed E-state index contributed by atoms with van der Waals surface area (Å²) < 4.78 is 38.1. The average molecular weight is 395 g/mol. The van der Waals surface area contributed by atoms with Gasteiger partial charge >= 0.3 is 6.18 Å². The third kappa shape index (κ3) is 5.97. The number of nitro groups is 1. The molecule has 0 fully saturated rings. The molecule has 0 unspecified atom stereocenters. The summed E-state index contributed by atoms with van der Waals surface area (Å²) in [5.74, 6) is -0.148. The summed E-state index contributed by atoms with van der Waals surface area (Å²) in [4.78, 5) is 22.1. The van der Waals surface area contributed by atoms with Gasteiger partial charge in [-0.3, -0.25) is 14.9 Å². The van der Waals surface area contributed by atoms with Crippen LogP contribution in [0.2, 0.25) is 0 Å². The molecule has 2 aromatic rings. The Hall–Kier alpha value is -3.10. The molecule has 0 aliphatic rings. The van der Waals surface area contributed by atoms with Crippen LogP contribution in [0.15, 0.2) is 48.5 Å². The minimum absolute atomic E-state index is 0.0326. The van der Waals surface area contributed by atoms with Crippen LogP contribution in [0.5, 0.6) is 0 Å². The van der Waals surface area contributed by atoms with Gasteiger partial charge in [0.1, 0.15) is 5.69 Å². The molecule has 0 saturated carbocycles. The van der Waals surface area contributed by atoms with Crippen molar-refractivity contribution in [3.8, 4) is 0 Å². The van der Waals surface area contributed by atoms with E-state index < -0.39 is 22.4 Å². The molecule has 0 heterocycles. The first-order valence-electron chi connectivity index (χ1n) is 8.59. The Labute approximate surface area is 159 Å². The molecular formula is C19H20F3N3O3. The molecule has 2 rings (SSSR count). The molecule has 1 atom stereocenters. The second-order valence-electron chi connectivity index (χ2n) is 6.28. The van der Waals surface area contributed by atoms with Crippen LogP contribution in [0.4, 0.5) is 24.5 Å². The van der Waals surface area contributed by atoms with E-state index in [1.54, 1.807) is 0 Å². The number of alkyl halides is 3. The molecule has 0 aliphatic carbocycles. The van der Waals surface area contributed by atoms with Crippen molar-refractivity contribution in [2.24, 2.45) is 0 Å². The Kier molecular flexibility index (Phi) is 6.97. The van der Waals surface area contributed by atoms with Gasteiger partial charge in [-0.05, 0) is 23.6 Å². The fraction of sp³-hybridized carbons (Fsp3) is 0.316. The van der Waals surface area contributed by atoms with Crippen molar-refractivity contribution in [2.75, 3.05) is 18.4 Å². The van der Waals surface area contributed by atoms with Gasteiger partial charge in [-0.15, -0.1) is 0 Å². The lowest BCUT2D eigenvalue weighted by Crippen LogP contribution is -2.29. The topological polar surface area (TPSA) is 84.3 Å². The maximum Gasteiger partial charge on any atom is 0.416 e. The Balaban J connectivity index is 1.86. The first kappa shape index (κ1) is 21.2. The monoisotopic (exact) mass is 395 g/mol. The van der Waals surface area contributed by atoms with Crippen LogP contribution in [0.25, 0.3) is 0 Å². The maximum atomic E-state index is 12.7. The van der Waals surface area contributed by atoms with Gasteiger partial charge in [-0.2, -0.15) is 13.2 Å². The van der Waals surface area contributed by atoms with Crippen LogP contribution in [0.3, 0.4) is 0 Å². The summed E-state index contributed by atoms with van der Waals surface area (Å²) in [5, 5.41) is 16.4. The van der Waals surface area contributed by atoms with Crippen molar-refractivity contribution >= 4 is 17.3 Å². The molecule has 9 heteroatoms. The Morgan fingerprint density at radius 1 is 1.14 bits per heavy atom. The normalized spacial score (nSPS) is 12.3. The minimum atomic E-state index is -4.66. The highest BCUT2D eigenvalue weighted by Crippen LogP contribution is 2.34. The number of anilines is 1. The van der Waals surface area contributed by atoms with E-state index in [0.717, 1.165) is 17.7 Å². The smallest absolute Gasteiger partial charge is 0.378 e. The molecule has 0 radical (unpaired) electrons. The van der Waals surface area contributed by atoms with Crippen molar-refractivity contribution in [3.05, 3.63) is 69.8 Å². The van der Waals surface area contributed by atoms with E-state index in [4.69, 9.17) is 0 Å². The molecule has 0 spiro atoms. The molecule has 0 bridgehead atoms. The highest BCUT2D eigenvalue weighted by Gasteiger charge is 2.33. The van der Waals surface area contributed by atoms with Crippen molar-refractivity contribution < 1.29 is 22.9 Å². The van der Waals surface area contributed by atoms with E-state index >= 15 is 0 Å². The molecule has 0 aromatic heterocycles. The van der Waals surface area contributed by atoms with Gasteiger partial charge in [-0.25, -0.2) is 0 Å². The van der Waals surface area contributed by atoms with Gasteiger partial charge in [0, 0.05) is 25.6 Å². The lowest BCUT2D eigenvalue weighted by atomic mass is 9.98. The molecule has 2 N–H and O–H groups in total. The number of nitrogens with one attached hydrogen (secondary N) is 2. The second-order valence-corrected chi connectivity index (χ2v) is 6.28. The fourth-order valence-corrected chi connectivity index (χ4v) is 2.66. The Morgan fingerprint density at radius 2 is 1.82 bits per heavy atom. The number of halogens is 3. The van der Waals surface area contributed by atoms with Crippen molar-refractivity contribution in [3.63, 3.8) is 0 Å². The number of rotatable bonds is 8. The average Bonchev–Trinajstić information content (AvgIpc) is 2.65. The van der Waals surface area contributed by atoms with Crippen LogP contribution < -0.4 is 10.6 Å². The van der Waals surface area contributed by atoms with E-state index in [9.17, 15) is 28.1 Å². The number of hydrogen-bond donors (Lipinski definition) is 2. The first-order valence-corrected chi connectivity index (χ1v) is 8.59. The summed E-state index contributed by atoms with van der Waals surface area (Å²) in [5.41, 5.74) is -0.757. The largest absolute Gasteiger partial charge is 0.416 e. The summed E-state index contributed by atoms with van der Waals surface area (Å²) in [6.07, 6.45) is -4.38. The summed E-state index contributed by atoms with van der Waals surface area (Å²) in [6, 6.07) is 11.8. The quantitative estimate of drug-likeness (QED) is 0.396. The van der Waals surface area contributed by atoms with Crippen LogP contribution in [0, 0.1) is 10.1 Å². The third-order valence-electron chi connectivity index (χ3n) is 4.14. The van der Waals surface area contributed by atoms with Gasteiger partial charge in [0.15, 0.2) is 0 Å². The van der Waals surface area contributed by atoms with Crippen LogP contribution in [-0.4, -0.2) is 23.9 Å². The van der Waals surface area contributed by atoms with Crippen LogP contribution in [0.1, 0.15) is 30.4 Å². The molecular weight excluding hydrogens is 375 g/mol. The van der Waals surface area contributed by atoms with Gasteiger partial charge in [0.25, 0.3) is 5.69 Å².